The lowest BCUT2D eigenvalue weighted by Gasteiger charge is -2.35. The number of nitrogens with two attached hydrogens (primary N) is 1. The molecule has 162 valence electrons. The van der Waals surface area contributed by atoms with Crippen LogP contribution >= 0.6 is 15.9 Å². The number of nitrogens with one attached hydrogen (secondary N) is 1. The smallest absolute Gasteiger partial charge is 0.338 e. The summed E-state index contributed by atoms with van der Waals surface area (Å²) in [5.74, 6) is -2.50. The zero-order valence-electron chi connectivity index (χ0n) is 17.7. The SMILES string of the molecule is CCOC(=O)[C@](N)(C(=O)C(C)C)[C@H](NC(=O)CC(C)(C)Br)OCc1ccccc1. The molecule has 0 heterocycles. The third-order valence-corrected chi connectivity index (χ3v) is 4.37. The monoisotopic (exact) mass is 470 g/mol. The van der Waals surface area contributed by atoms with Gasteiger partial charge >= 0.3 is 5.97 Å². The van der Waals surface area contributed by atoms with Crippen LogP contribution in [0.5, 0.6) is 0 Å². The summed E-state index contributed by atoms with van der Waals surface area (Å²) >= 11 is 3.41. The summed E-state index contributed by atoms with van der Waals surface area (Å²) in [6.45, 7) is 8.61. The molecule has 2 atom stereocenters. The van der Waals surface area contributed by atoms with E-state index in [4.69, 9.17) is 15.2 Å². The van der Waals surface area contributed by atoms with Crippen LogP contribution in [0.1, 0.15) is 46.6 Å². The average molecular weight is 471 g/mol. The van der Waals surface area contributed by atoms with Crippen molar-refractivity contribution in [3.63, 3.8) is 0 Å². The molecular weight excluding hydrogens is 440 g/mol. The number of hydrogen-bond acceptors (Lipinski definition) is 6. The number of ether oxygens (including phenoxy) is 2. The number of amides is 1. The van der Waals surface area contributed by atoms with Gasteiger partial charge in [-0.1, -0.05) is 60.1 Å². The van der Waals surface area contributed by atoms with Gasteiger partial charge in [-0.15, -0.1) is 0 Å². The van der Waals surface area contributed by atoms with Gasteiger partial charge in [0, 0.05) is 16.7 Å². The Kier molecular flexibility index (Phi) is 9.45. The van der Waals surface area contributed by atoms with Crippen LogP contribution in [-0.4, -0.2) is 40.4 Å². The van der Waals surface area contributed by atoms with Crippen molar-refractivity contribution in [2.24, 2.45) is 11.7 Å². The highest BCUT2D eigenvalue weighted by Crippen LogP contribution is 2.23. The molecule has 0 saturated heterocycles. The van der Waals surface area contributed by atoms with Crippen molar-refractivity contribution >= 4 is 33.6 Å². The van der Waals surface area contributed by atoms with Crippen molar-refractivity contribution < 1.29 is 23.9 Å². The van der Waals surface area contributed by atoms with Crippen molar-refractivity contribution in [3.8, 4) is 0 Å². The predicted molar refractivity (Wildman–Crippen MR) is 114 cm³/mol. The Morgan fingerprint density at radius 1 is 1.17 bits per heavy atom. The molecule has 8 heteroatoms. The van der Waals surface area contributed by atoms with Crippen molar-refractivity contribution in [2.45, 2.75) is 63.7 Å². The van der Waals surface area contributed by atoms with E-state index in [1.807, 2.05) is 44.2 Å². The minimum absolute atomic E-state index is 0.0386. The van der Waals surface area contributed by atoms with Crippen LogP contribution < -0.4 is 11.1 Å². The number of carbonyl (C=O) groups is 3. The van der Waals surface area contributed by atoms with Gasteiger partial charge in [0.15, 0.2) is 12.0 Å². The average Bonchev–Trinajstić information content (AvgIpc) is 2.63. The lowest BCUT2D eigenvalue weighted by atomic mass is 9.86. The highest BCUT2D eigenvalue weighted by molar-refractivity contribution is 9.10. The number of hydrogen-bond donors (Lipinski definition) is 2. The first-order valence-electron chi connectivity index (χ1n) is 9.56. The molecule has 3 N–H and O–H groups in total. The maximum absolute atomic E-state index is 12.9. The van der Waals surface area contributed by atoms with Crippen LogP contribution in [0.4, 0.5) is 0 Å². The lowest BCUT2D eigenvalue weighted by molar-refractivity contribution is -0.165. The molecule has 1 aromatic carbocycles. The van der Waals surface area contributed by atoms with Crippen molar-refractivity contribution in [2.75, 3.05) is 6.61 Å². The topological polar surface area (TPSA) is 108 Å². The molecular formula is C21H31BrN2O5. The minimum Gasteiger partial charge on any atom is -0.464 e. The summed E-state index contributed by atoms with van der Waals surface area (Å²) in [6.07, 6.45) is -1.30. The van der Waals surface area contributed by atoms with Crippen molar-refractivity contribution in [1.29, 1.82) is 0 Å². The molecule has 0 radical (unpaired) electrons. The molecule has 0 fully saturated rings. The van der Waals surface area contributed by atoms with Gasteiger partial charge in [-0.3, -0.25) is 9.59 Å². The molecule has 1 rings (SSSR count). The summed E-state index contributed by atoms with van der Waals surface area (Å²) in [4.78, 5) is 38.2. The number of carbonyl (C=O) groups excluding carboxylic acids is 3. The molecule has 0 saturated carbocycles. The number of ketones is 1. The molecule has 0 bridgehead atoms. The second-order valence-electron chi connectivity index (χ2n) is 7.75. The molecule has 0 aliphatic rings. The van der Waals surface area contributed by atoms with Crippen molar-refractivity contribution in [3.05, 3.63) is 35.9 Å². The van der Waals surface area contributed by atoms with E-state index < -0.39 is 39.7 Å². The van der Waals surface area contributed by atoms with Gasteiger partial charge in [-0.25, -0.2) is 4.79 Å². The Bertz CT molecular complexity index is 703. The largest absolute Gasteiger partial charge is 0.464 e. The fraction of sp³-hybridized carbons (Fsp3) is 0.571. The maximum atomic E-state index is 12.9. The van der Waals surface area contributed by atoms with E-state index in [1.54, 1.807) is 20.8 Å². The number of alkyl halides is 1. The summed E-state index contributed by atoms with van der Waals surface area (Å²) in [6, 6.07) is 9.18. The predicted octanol–water partition coefficient (Wildman–Crippen LogP) is 2.69. The normalized spacial score (nSPS) is 14.8. The molecule has 1 amide bonds. The molecule has 0 aliphatic heterocycles. The number of halogens is 1. The van der Waals surface area contributed by atoms with Gasteiger partial charge in [-0.2, -0.15) is 0 Å². The fourth-order valence-electron chi connectivity index (χ4n) is 2.68. The van der Waals surface area contributed by atoms with Gasteiger partial charge in [-0.05, 0) is 26.3 Å². The summed E-state index contributed by atoms with van der Waals surface area (Å²) < 4.78 is 10.4. The van der Waals surface area contributed by atoms with E-state index >= 15 is 0 Å². The van der Waals surface area contributed by atoms with Crippen LogP contribution in [0.15, 0.2) is 30.3 Å². The first kappa shape index (κ1) is 25.3. The number of benzene rings is 1. The Morgan fingerprint density at radius 3 is 2.24 bits per heavy atom. The van der Waals surface area contributed by atoms with Gasteiger partial charge in [0.2, 0.25) is 11.4 Å². The Morgan fingerprint density at radius 2 is 1.76 bits per heavy atom. The van der Waals surface area contributed by atoms with Crippen molar-refractivity contribution in [1.82, 2.24) is 5.32 Å². The van der Waals surface area contributed by atoms with Crippen LogP contribution in [0, 0.1) is 5.92 Å². The van der Waals surface area contributed by atoms with Crippen LogP contribution in [0.25, 0.3) is 0 Å². The standard InChI is InChI=1S/C21H31BrN2O5/c1-6-28-19(27)21(23,17(26)14(2)3)18(24-16(25)12-20(4,5)22)29-13-15-10-8-7-9-11-15/h7-11,14,18H,6,12-13,23H2,1-5H3,(H,24,25)/t18-,21+/m1/s1. The van der Waals surface area contributed by atoms with Crippen LogP contribution in [-0.2, 0) is 30.5 Å². The molecule has 0 spiro atoms. The molecule has 0 unspecified atom stereocenters. The molecule has 1 aromatic rings. The lowest BCUT2D eigenvalue weighted by Crippen LogP contribution is -2.70. The van der Waals surface area contributed by atoms with E-state index in [1.165, 1.54) is 0 Å². The Hall–Kier alpha value is -1.77. The van der Waals surface area contributed by atoms with Gasteiger partial charge in [0.25, 0.3) is 0 Å². The van der Waals surface area contributed by atoms with E-state index in [2.05, 4.69) is 21.2 Å². The third-order valence-electron chi connectivity index (χ3n) is 4.09. The fourth-order valence-corrected chi connectivity index (χ4v) is 2.94. The van der Waals surface area contributed by atoms with Crippen LogP contribution in [0.3, 0.4) is 0 Å². The van der Waals surface area contributed by atoms with Gasteiger partial charge in [0.05, 0.1) is 13.2 Å². The second-order valence-corrected chi connectivity index (χ2v) is 9.89. The highest BCUT2D eigenvalue weighted by Gasteiger charge is 2.52. The zero-order chi connectivity index (χ0) is 22.2. The molecule has 0 aromatic heterocycles. The molecule has 7 nitrogen and oxygen atoms in total. The van der Waals surface area contributed by atoms with Gasteiger partial charge < -0.3 is 20.5 Å². The second kappa shape index (κ2) is 10.8. The highest BCUT2D eigenvalue weighted by atomic mass is 79.9. The third kappa shape index (κ3) is 7.53. The van der Waals surface area contributed by atoms with Gasteiger partial charge in [0.1, 0.15) is 0 Å². The Labute approximate surface area is 180 Å². The van der Waals surface area contributed by atoms with E-state index in [0.717, 1.165) is 5.56 Å². The van der Waals surface area contributed by atoms with Crippen LogP contribution in [0.2, 0.25) is 0 Å². The zero-order valence-corrected chi connectivity index (χ0v) is 19.2. The Balaban J connectivity index is 3.25. The quantitative estimate of drug-likeness (QED) is 0.222. The number of rotatable bonds is 11. The summed E-state index contributed by atoms with van der Waals surface area (Å²) in [5.41, 5.74) is 4.94. The van der Waals surface area contributed by atoms with E-state index in [0.29, 0.717) is 0 Å². The van der Waals surface area contributed by atoms with E-state index in [-0.39, 0.29) is 19.6 Å². The molecule has 29 heavy (non-hydrogen) atoms. The molecule has 0 aliphatic carbocycles. The first-order chi connectivity index (χ1) is 13.4. The maximum Gasteiger partial charge on any atom is 0.338 e. The van der Waals surface area contributed by atoms with E-state index in [9.17, 15) is 14.4 Å². The summed E-state index contributed by atoms with van der Waals surface area (Å²) in [7, 11) is 0. The number of esters is 1. The first-order valence-corrected chi connectivity index (χ1v) is 10.3. The number of Topliss-reactive ketones (excluding diaryl/α,β-unsaturated/α-hetero) is 1. The summed E-state index contributed by atoms with van der Waals surface area (Å²) in [5, 5.41) is 2.62. The minimum atomic E-state index is -2.18.